The molecule has 0 amide bonds. The van der Waals surface area contributed by atoms with Gasteiger partial charge in [0.05, 0.1) is 28.0 Å². The monoisotopic (exact) mass is 339 g/mol. The molecule has 0 aliphatic carbocycles. The maximum atomic E-state index is 5.20. The summed E-state index contributed by atoms with van der Waals surface area (Å²) in [5.74, 6) is 1.40. The lowest BCUT2D eigenvalue weighted by molar-refractivity contribution is 0.181. The number of ether oxygens (including phenoxy) is 1. The first-order chi connectivity index (χ1) is 9.49. The zero-order valence-corrected chi connectivity index (χ0v) is 13.9. The van der Waals surface area contributed by atoms with E-state index < -0.39 is 0 Å². The number of aromatic nitrogens is 4. The molecule has 7 heteroatoms. The predicted molar refractivity (Wildman–Crippen MR) is 81.7 cm³/mol. The molecule has 0 saturated carbocycles. The summed E-state index contributed by atoms with van der Waals surface area (Å²) in [6.45, 7) is 4.39. The minimum absolute atomic E-state index is 0.420. The molecule has 0 spiro atoms. The van der Waals surface area contributed by atoms with E-state index in [0.29, 0.717) is 12.4 Å². The first kappa shape index (κ1) is 14.9. The summed E-state index contributed by atoms with van der Waals surface area (Å²) in [5.41, 5.74) is 3.73. The molecule has 2 rings (SSSR count). The Kier molecular flexibility index (Phi) is 4.39. The molecule has 0 atom stereocenters. The summed E-state index contributed by atoms with van der Waals surface area (Å²) in [6, 6.07) is 0. The molecule has 6 nitrogen and oxygen atoms in total. The highest BCUT2D eigenvalue weighted by atomic mass is 79.9. The molecule has 108 valence electrons. The van der Waals surface area contributed by atoms with E-state index in [4.69, 9.17) is 4.74 Å². The van der Waals surface area contributed by atoms with Gasteiger partial charge in [-0.15, -0.1) is 0 Å². The second kappa shape index (κ2) is 5.88. The van der Waals surface area contributed by atoms with Crippen LogP contribution in [0.4, 0.5) is 5.82 Å². The first-order valence-corrected chi connectivity index (χ1v) is 7.02. The molecule has 0 aliphatic rings. The second-order valence-electron chi connectivity index (χ2n) is 4.51. The molecule has 0 unspecified atom stereocenters. The van der Waals surface area contributed by atoms with Crippen molar-refractivity contribution < 1.29 is 4.74 Å². The number of methoxy groups -OCH3 is 1. The number of halogens is 1. The first-order valence-electron chi connectivity index (χ1n) is 6.23. The van der Waals surface area contributed by atoms with E-state index in [-0.39, 0.29) is 0 Å². The van der Waals surface area contributed by atoms with E-state index in [9.17, 15) is 0 Å². The van der Waals surface area contributed by atoms with Gasteiger partial charge in [-0.25, -0.2) is 9.97 Å². The fraction of sp³-hybridized carbons (Fsp3) is 0.462. The summed E-state index contributed by atoms with van der Waals surface area (Å²) in [4.78, 5) is 9.16. The van der Waals surface area contributed by atoms with Crippen molar-refractivity contribution in [1.29, 1.82) is 0 Å². The van der Waals surface area contributed by atoms with E-state index in [1.54, 1.807) is 7.11 Å². The van der Waals surface area contributed by atoms with E-state index in [2.05, 4.69) is 36.3 Å². The van der Waals surface area contributed by atoms with Crippen LogP contribution in [0.5, 0.6) is 0 Å². The molecule has 2 aromatic rings. The number of hydrogen-bond donors (Lipinski definition) is 1. The van der Waals surface area contributed by atoms with Crippen LogP contribution in [0.2, 0.25) is 0 Å². The van der Waals surface area contributed by atoms with Crippen molar-refractivity contribution in [3.8, 4) is 11.4 Å². The number of nitrogens with zero attached hydrogens (tertiary/aromatic N) is 4. The average molecular weight is 340 g/mol. The van der Waals surface area contributed by atoms with Crippen molar-refractivity contribution in [2.45, 2.75) is 20.5 Å². The summed E-state index contributed by atoms with van der Waals surface area (Å²) < 4.78 is 7.86. The summed E-state index contributed by atoms with van der Waals surface area (Å²) in [5, 5.41) is 7.48. The molecule has 0 aliphatic heterocycles. The quantitative estimate of drug-likeness (QED) is 0.926. The molecule has 2 aromatic heterocycles. The fourth-order valence-electron chi connectivity index (χ4n) is 2.10. The highest BCUT2D eigenvalue weighted by molar-refractivity contribution is 9.10. The Balaban J connectivity index is 2.65. The van der Waals surface area contributed by atoms with Gasteiger partial charge in [0, 0.05) is 26.9 Å². The lowest BCUT2D eigenvalue weighted by Crippen LogP contribution is -2.05. The molecule has 0 aromatic carbocycles. The number of anilines is 1. The van der Waals surface area contributed by atoms with Crippen LogP contribution in [-0.2, 0) is 18.4 Å². The molecule has 1 N–H and O–H groups in total. The number of rotatable bonds is 4. The van der Waals surface area contributed by atoms with Crippen LogP contribution in [0, 0.1) is 13.8 Å². The predicted octanol–water partition coefficient (Wildman–Crippen LogP) is 2.44. The van der Waals surface area contributed by atoms with Crippen LogP contribution in [0.1, 0.15) is 17.1 Å². The third-order valence-electron chi connectivity index (χ3n) is 3.17. The normalized spacial score (nSPS) is 10.9. The van der Waals surface area contributed by atoms with E-state index in [1.807, 2.05) is 32.6 Å². The van der Waals surface area contributed by atoms with Gasteiger partial charge < -0.3 is 10.1 Å². The van der Waals surface area contributed by atoms with Gasteiger partial charge in [0.1, 0.15) is 5.82 Å². The zero-order valence-electron chi connectivity index (χ0n) is 12.3. The maximum absolute atomic E-state index is 5.20. The van der Waals surface area contributed by atoms with Crippen molar-refractivity contribution in [3.05, 3.63) is 21.6 Å². The summed E-state index contributed by atoms with van der Waals surface area (Å²) in [6.07, 6.45) is 0. The molecule has 2 heterocycles. The SMILES string of the molecule is CNc1nc(-c2c(C)nn(C)c2C)nc(COC)c1Br. The number of aryl methyl sites for hydroxylation is 2. The standard InChI is InChI=1S/C13H18BrN5O/c1-7-10(8(2)19(4)18-7)12-16-9(6-20-5)11(14)13(15-3)17-12/h6H2,1-5H3,(H,15,16,17). The van der Waals surface area contributed by atoms with Gasteiger partial charge in [-0.2, -0.15) is 5.10 Å². The van der Waals surface area contributed by atoms with E-state index in [0.717, 1.165) is 32.9 Å². The Morgan fingerprint density at radius 3 is 2.50 bits per heavy atom. The van der Waals surface area contributed by atoms with Gasteiger partial charge in [-0.1, -0.05) is 0 Å². The minimum atomic E-state index is 0.420. The van der Waals surface area contributed by atoms with Crippen LogP contribution in [-0.4, -0.2) is 33.9 Å². The van der Waals surface area contributed by atoms with Crippen molar-refractivity contribution >= 4 is 21.7 Å². The van der Waals surface area contributed by atoms with Crippen LogP contribution in [0.25, 0.3) is 11.4 Å². The van der Waals surface area contributed by atoms with Gasteiger partial charge in [0.2, 0.25) is 0 Å². The largest absolute Gasteiger partial charge is 0.378 e. The minimum Gasteiger partial charge on any atom is -0.378 e. The molecule has 0 fully saturated rings. The highest BCUT2D eigenvalue weighted by Crippen LogP contribution is 2.30. The zero-order chi connectivity index (χ0) is 14.9. The third kappa shape index (κ3) is 2.55. The van der Waals surface area contributed by atoms with Crippen molar-refractivity contribution in [1.82, 2.24) is 19.7 Å². The number of hydrogen-bond acceptors (Lipinski definition) is 5. The Bertz CT molecular complexity index is 638. The van der Waals surface area contributed by atoms with Crippen molar-refractivity contribution in [2.75, 3.05) is 19.5 Å². The lowest BCUT2D eigenvalue weighted by atomic mass is 10.2. The Labute approximate surface area is 126 Å². The average Bonchev–Trinajstić information content (AvgIpc) is 2.66. The Morgan fingerprint density at radius 1 is 1.30 bits per heavy atom. The molecule has 0 saturated heterocycles. The molecule has 0 bridgehead atoms. The van der Waals surface area contributed by atoms with Crippen molar-refractivity contribution in [2.24, 2.45) is 7.05 Å². The molecular formula is C13H18BrN5O. The summed E-state index contributed by atoms with van der Waals surface area (Å²) >= 11 is 3.50. The van der Waals surface area contributed by atoms with Crippen LogP contribution in [0.15, 0.2) is 4.47 Å². The number of nitrogens with one attached hydrogen (secondary N) is 1. The fourth-order valence-corrected chi connectivity index (χ4v) is 2.59. The van der Waals surface area contributed by atoms with Crippen LogP contribution >= 0.6 is 15.9 Å². The molecule has 20 heavy (non-hydrogen) atoms. The Morgan fingerprint density at radius 2 is 2.00 bits per heavy atom. The topological polar surface area (TPSA) is 64.9 Å². The van der Waals surface area contributed by atoms with Gasteiger partial charge in [-0.3, -0.25) is 4.68 Å². The van der Waals surface area contributed by atoms with Gasteiger partial charge in [0.25, 0.3) is 0 Å². The van der Waals surface area contributed by atoms with Crippen LogP contribution < -0.4 is 5.32 Å². The van der Waals surface area contributed by atoms with Gasteiger partial charge in [0.15, 0.2) is 5.82 Å². The van der Waals surface area contributed by atoms with Gasteiger partial charge >= 0.3 is 0 Å². The second-order valence-corrected chi connectivity index (χ2v) is 5.30. The van der Waals surface area contributed by atoms with E-state index >= 15 is 0 Å². The lowest BCUT2D eigenvalue weighted by Gasteiger charge is -2.11. The maximum Gasteiger partial charge on any atom is 0.165 e. The van der Waals surface area contributed by atoms with Crippen molar-refractivity contribution in [3.63, 3.8) is 0 Å². The van der Waals surface area contributed by atoms with E-state index in [1.165, 1.54) is 0 Å². The third-order valence-corrected chi connectivity index (χ3v) is 4.00. The highest BCUT2D eigenvalue weighted by Gasteiger charge is 2.18. The Hall–Kier alpha value is -1.47. The van der Waals surface area contributed by atoms with Gasteiger partial charge in [-0.05, 0) is 29.8 Å². The molecule has 0 radical (unpaired) electrons. The van der Waals surface area contributed by atoms with Crippen LogP contribution in [0.3, 0.4) is 0 Å². The molecular weight excluding hydrogens is 322 g/mol. The summed E-state index contributed by atoms with van der Waals surface area (Å²) in [7, 11) is 5.39. The smallest absolute Gasteiger partial charge is 0.165 e.